The predicted molar refractivity (Wildman–Crippen MR) is 75.9 cm³/mol. The number of thiophene rings is 1. The first-order chi connectivity index (χ1) is 8.93. The number of carbonyl (C=O) groups is 1. The minimum absolute atomic E-state index is 0.0716. The summed E-state index contributed by atoms with van der Waals surface area (Å²) < 4.78 is 5.59. The van der Waals surface area contributed by atoms with Crippen molar-refractivity contribution >= 4 is 17.3 Å². The first-order valence-corrected chi connectivity index (χ1v) is 7.35. The lowest BCUT2D eigenvalue weighted by molar-refractivity contribution is -0.0527. The maximum Gasteiger partial charge on any atom is 0.345 e. The van der Waals surface area contributed by atoms with Crippen LogP contribution in [0.2, 0.25) is 0 Å². The van der Waals surface area contributed by atoms with E-state index in [-0.39, 0.29) is 5.60 Å². The highest BCUT2D eigenvalue weighted by atomic mass is 32.1. The van der Waals surface area contributed by atoms with Crippen LogP contribution in [0.3, 0.4) is 0 Å². The SMILES string of the molecule is COC1(C)CCCN(Cc2cc(C(=O)O)sc2C)C1. The molecule has 0 bridgehead atoms. The quantitative estimate of drug-likeness (QED) is 0.923. The van der Waals surface area contributed by atoms with Crippen LogP contribution >= 0.6 is 11.3 Å². The minimum Gasteiger partial charge on any atom is -0.477 e. The number of hydrogen-bond acceptors (Lipinski definition) is 4. The van der Waals surface area contributed by atoms with Gasteiger partial charge in [0.05, 0.1) is 5.60 Å². The Kier molecular flexibility index (Phi) is 4.28. The molecule has 0 aliphatic carbocycles. The van der Waals surface area contributed by atoms with Gasteiger partial charge >= 0.3 is 5.97 Å². The van der Waals surface area contributed by atoms with Crippen molar-refractivity contribution in [1.82, 2.24) is 4.90 Å². The molecular weight excluding hydrogens is 262 g/mol. The number of carboxylic acids is 1. The van der Waals surface area contributed by atoms with Gasteiger partial charge in [-0.25, -0.2) is 4.79 Å². The second-order valence-electron chi connectivity index (χ2n) is 5.47. The van der Waals surface area contributed by atoms with Gasteiger partial charge in [-0.05, 0) is 44.9 Å². The van der Waals surface area contributed by atoms with Gasteiger partial charge in [-0.15, -0.1) is 11.3 Å². The van der Waals surface area contributed by atoms with Crippen LogP contribution in [0.15, 0.2) is 6.07 Å². The molecule has 1 aromatic rings. The minimum atomic E-state index is -0.834. The van der Waals surface area contributed by atoms with Crippen molar-refractivity contribution in [1.29, 1.82) is 0 Å². The summed E-state index contributed by atoms with van der Waals surface area (Å²) in [7, 11) is 1.77. The maximum absolute atomic E-state index is 11.0. The number of piperidine rings is 1. The summed E-state index contributed by atoms with van der Waals surface area (Å²) in [4.78, 5) is 14.9. The van der Waals surface area contributed by atoms with Crippen molar-refractivity contribution in [2.45, 2.75) is 38.8 Å². The fourth-order valence-electron chi connectivity index (χ4n) is 2.63. The first-order valence-electron chi connectivity index (χ1n) is 6.54. The van der Waals surface area contributed by atoms with Gasteiger partial charge in [-0.2, -0.15) is 0 Å². The summed E-state index contributed by atoms with van der Waals surface area (Å²) in [6.07, 6.45) is 2.21. The van der Waals surface area contributed by atoms with Gasteiger partial charge in [-0.3, -0.25) is 4.90 Å². The standard InChI is InChI=1S/C14H21NO3S/c1-10-11(7-12(19-10)13(16)17)8-15-6-4-5-14(2,9-15)18-3/h7H,4-6,8-9H2,1-3H3,(H,16,17). The van der Waals surface area contributed by atoms with Gasteiger partial charge in [0.2, 0.25) is 0 Å². The van der Waals surface area contributed by atoms with Crippen LogP contribution in [0.25, 0.3) is 0 Å². The molecule has 1 atom stereocenters. The third-order valence-corrected chi connectivity index (χ3v) is 4.94. The Hall–Kier alpha value is -0.910. The fraction of sp³-hybridized carbons (Fsp3) is 0.643. The molecule has 2 heterocycles. The lowest BCUT2D eigenvalue weighted by Gasteiger charge is -2.39. The monoisotopic (exact) mass is 283 g/mol. The summed E-state index contributed by atoms with van der Waals surface area (Å²) in [5, 5.41) is 9.03. The molecule has 5 heteroatoms. The number of likely N-dealkylation sites (tertiary alicyclic amines) is 1. The Morgan fingerprint density at radius 3 is 2.95 bits per heavy atom. The summed E-state index contributed by atoms with van der Waals surface area (Å²) in [5.41, 5.74) is 1.06. The zero-order chi connectivity index (χ0) is 14.0. The van der Waals surface area contributed by atoms with E-state index in [4.69, 9.17) is 9.84 Å². The van der Waals surface area contributed by atoms with E-state index in [2.05, 4.69) is 11.8 Å². The molecule has 106 valence electrons. The second kappa shape index (κ2) is 5.61. The molecule has 0 spiro atoms. The highest BCUT2D eigenvalue weighted by molar-refractivity contribution is 7.14. The third-order valence-electron chi connectivity index (χ3n) is 3.86. The number of aryl methyl sites for hydroxylation is 1. The van der Waals surface area contributed by atoms with Gasteiger partial charge in [-0.1, -0.05) is 0 Å². The van der Waals surface area contributed by atoms with E-state index in [0.717, 1.165) is 42.9 Å². The van der Waals surface area contributed by atoms with E-state index >= 15 is 0 Å². The van der Waals surface area contributed by atoms with Crippen molar-refractivity contribution in [3.8, 4) is 0 Å². The molecule has 0 amide bonds. The van der Waals surface area contributed by atoms with Crippen LogP contribution in [0, 0.1) is 6.92 Å². The topological polar surface area (TPSA) is 49.8 Å². The molecule has 0 radical (unpaired) electrons. The molecule has 2 rings (SSSR count). The number of methoxy groups -OCH3 is 1. The Balaban J connectivity index is 2.06. The van der Waals surface area contributed by atoms with Crippen molar-refractivity contribution in [3.63, 3.8) is 0 Å². The molecule has 1 aliphatic heterocycles. The molecule has 4 nitrogen and oxygen atoms in total. The van der Waals surface area contributed by atoms with Crippen LogP contribution in [0.4, 0.5) is 0 Å². The molecule has 19 heavy (non-hydrogen) atoms. The Morgan fingerprint density at radius 2 is 2.37 bits per heavy atom. The Bertz CT molecular complexity index is 471. The van der Waals surface area contributed by atoms with E-state index < -0.39 is 5.97 Å². The molecule has 0 saturated carbocycles. The number of carboxylic acid groups (broad SMARTS) is 1. The van der Waals surface area contributed by atoms with Crippen LogP contribution in [0.1, 0.15) is 39.9 Å². The Morgan fingerprint density at radius 1 is 1.63 bits per heavy atom. The average molecular weight is 283 g/mol. The average Bonchev–Trinajstić information content (AvgIpc) is 2.71. The van der Waals surface area contributed by atoms with Gasteiger partial charge in [0.1, 0.15) is 4.88 Å². The summed E-state index contributed by atoms with van der Waals surface area (Å²) >= 11 is 1.36. The molecular formula is C14H21NO3S. The summed E-state index contributed by atoms with van der Waals surface area (Å²) in [5.74, 6) is -0.834. The van der Waals surface area contributed by atoms with E-state index in [1.165, 1.54) is 11.3 Å². The lowest BCUT2D eigenvalue weighted by Crippen LogP contribution is -2.46. The molecule has 1 N–H and O–H groups in total. The highest BCUT2D eigenvalue weighted by Gasteiger charge is 2.31. The van der Waals surface area contributed by atoms with E-state index in [9.17, 15) is 4.79 Å². The van der Waals surface area contributed by atoms with Crippen molar-refractivity contribution in [2.24, 2.45) is 0 Å². The zero-order valence-corrected chi connectivity index (χ0v) is 12.5. The van der Waals surface area contributed by atoms with Crippen molar-refractivity contribution in [3.05, 3.63) is 21.4 Å². The molecule has 1 aliphatic rings. The van der Waals surface area contributed by atoms with Gasteiger partial charge in [0.25, 0.3) is 0 Å². The molecule has 1 fully saturated rings. The lowest BCUT2D eigenvalue weighted by atomic mass is 9.94. The zero-order valence-electron chi connectivity index (χ0n) is 11.7. The molecule has 1 aromatic heterocycles. The maximum atomic E-state index is 11.0. The van der Waals surface area contributed by atoms with Gasteiger partial charge in [0, 0.05) is 25.1 Å². The van der Waals surface area contributed by atoms with E-state index in [1.54, 1.807) is 13.2 Å². The normalized spacial score (nSPS) is 24.6. The van der Waals surface area contributed by atoms with Crippen molar-refractivity contribution in [2.75, 3.05) is 20.2 Å². The number of ether oxygens (including phenoxy) is 1. The number of rotatable bonds is 4. The first kappa shape index (κ1) is 14.5. The molecule has 1 saturated heterocycles. The molecule has 0 aromatic carbocycles. The summed E-state index contributed by atoms with van der Waals surface area (Å²) in [6, 6.07) is 1.81. The van der Waals surface area contributed by atoms with E-state index in [0.29, 0.717) is 4.88 Å². The number of hydrogen-bond donors (Lipinski definition) is 1. The second-order valence-corrected chi connectivity index (χ2v) is 6.72. The van der Waals surface area contributed by atoms with Crippen LogP contribution in [-0.2, 0) is 11.3 Å². The Labute approximate surface area is 118 Å². The van der Waals surface area contributed by atoms with E-state index in [1.807, 2.05) is 6.92 Å². The summed E-state index contributed by atoms with van der Waals surface area (Å²) in [6.45, 7) is 6.90. The highest BCUT2D eigenvalue weighted by Crippen LogP contribution is 2.28. The van der Waals surface area contributed by atoms with Crippen LogP contribution in [0.5, 0.6) is 0 Å². The van der Waals surface area contributed by atoms with Crippen LogP contribution in [-0.4, -0.2) is 41.8 Å². The number of nitrogens with zero attached hydrogens (tertiary/aromatic N) is 1. The van der Waals surface area contributed by atoms with Crippen molar-refractivity contribution < 1.29 is 14.6 Å². The van der Waals surface area contributed by atoms with Gasteiger partial charge in [0.15, 0.2) is 0 Å². The number of aromatic carboxylic acids is 1. The van der Waals surface area contributed by atoms with Crippen LogP contribution < -0.4 is 0 Å². The molecule has 1 unspecified atom stereocenters. The largest absolute Gasteiger partial charge is 0.477 e. The fourth-order valence-corrected chi connectivity index (χ4v) is 3.51. The smallest absolute Gasteiger partial charge is 0.345 e. The predicted octanol–water partition coefficient (Wildman–Crippen LogP) is 2.76. The third kappa shape index (κ3) is 3.35. The van der Waals surface area contributed by atoms with Gasteiger partial charge < -0.3 is 9.84 Å².